The molecule has 0 aliphatic heterocycles. The smallest absolute Gasteiger partial charge is 0.226 e. The van der Waals surface area contributed by atoms with Crippen LogP contribution in [0.25, 0.3) is 11.2 Å². The van der Waals surface area contributed by atoms with Crippen molar-refractivity contribution >= 4 is 22.9 Å². The van der Waals surface area contributed by atoms with Crippen molar-refractivity contribution in [3.05, 3.63) is 6.33 Å². The van der Waals surface area contributed by atoms with Crippen LogP contribution in [0, 0.1) is 0 Å². The van der Waals surface area contributed by atoms with Crippen molar-refractivity contribution in [3.8, 4) is 0 Å². The van der Waals surface area contributed by atoms with Gasteiger partial charge in [0.15, 0.2) is 11.5 Å². The van der Waals surface area contributed by atoms with Crippen molar-refractivity contribution in [2.45, 2.75) is 26.7 Å². The van der Waals surface area contributed by atoms with Crippen LogP contribution in [0.2, 0.25) is 0 Å². The van der Waals surface area contributed by atoms with E-state index in [0.717, 1.165) is 37.3 Å². The molecule has 0 atom stereocenters. The van der Waals surface area contributed by atoms with Crippen molar-refractivity contribution in [3.63, 3.8) is 0 Å². The van der Waals surface area contributed by atoms with Gasteiger partial charge in [-0.05, 0) is 12.8 Å². The van der Waals surface area contributed by atoms with Gasteiger partial charge < -0.3 is 15.2 Å². The molecule has 2 heterocycles. The summed E-state index contributed by atoms with van der Waals surface area (Å²) in [5, 5.41) is 3.21. The summed E-state index contributed by atoms with van der Waals surface area (Å²) in [5.41, 5.74) is 1.61. The molecule has 2 rings (SSSR count). The fourth-order valence-corrected chi connectivity index (χ4v) is 1.85. The standard InChI is InChI=1S/C12H20N6/c1-4-6-13-12-16-10-9(14-8-15-10)11(17-12)18(3)7-5-2/h8H,4-7H2,1-3H3,(H2,13,14,15,16,17). The van der Waals surface area contributed by atoms with Crippen LogP contribution in [0.4, 0.5) is 11.8 Å². The minimum atomic E-state index is 0.648. The Kier molecular flexibility index (Phi) is 3.96. The average Bonchev–Trinajstić information content (AvgIpc) is 2.83. The summed E-state index contributed by atoms with van der Waals surface area (Å²) in [4.78, 5) is 18.4. The normalized spacial score (nSPS) is 10.8. The van der Waals surface area contributed by atoms with Crippen LogP contribution in [0.3, 0.4) is 0 Å². The fraction of sp³-hybridized carbons (Fsp3) is 0.583. The molecule has 0 spiro atoms. The van der Waals surface area contributed by atoms with Crippen LogP contribution in [0.1, 0.15) is 26.7 Å². The number of aromatic nitrogens is 4. The highest BCUT2D eigenvalue weighted by atomic mass is 15.2. The van der Waals surface area contributed by atoms with E-state index in [4.69, 9.17) is 0 Å². The Morgan fingerprint density at radius 3 is 2.83 bits per heavy atom. The van der Waals surface area contributed by atoms with Gasteiger partial charge in [0.2, 0.25) is 5.95 Å². The lowest BCUT2D eigenvalue weighted by molar-refractivity contribution is 0.837. The summed E-state index contributed by atoms with van der Waals surface area (Å²) in [6.45, 7) is 6.09. The second-order valence-corrected chi connectivity index (χ2v) is 4.32. The van der Waals surface area contributed by atoms with Gasteiger partial charge in [-0.25, -0.2) is 4.98 Å². The molecule has 0 bridgehead atoms. The lowest BCUT2D eigenvalue weighted by Crippen LogP contribution is -2.20. The molecule has 0 aromatic carbocycles. The largest absolute Gasteiger partial charge is 0.358 e. The van der Waals surface area contributed by atoms with E-state index in [9.17, 15) is 0 Å². The molecule has 2 aromatic rings. The van der Waals surface area contributed by atoms with Crippen LogP contribution < -0.4 is 10.2 Å². The van der Waals surface area contributed by atoms with Gasteiger partial charge >= 0.3 is 0 Å². The lowest BCUT2D eigenvalue weighted by Gasteiger charge is -2.18. The van der Waals surface area contributed by atoms with E-state index in [0.29, 0.717) is 11.6 Å². The minimum absolute atomic E-state index is 0.648. The third-order valence-electron chi connectivity index (χ3n) is 2.72. The molecule has 98 valence electrons. The molecule has 6 heteroatoms. The number of nitrogens with zero attached hydrogens (tertiary/aromatic N) is 4. The number of rotatable bonds is 6. The van der Waals surface area contributed by atoms with Gasteiger partial charge in [0.1, 0.15) is 5.52 Å². The van der Waals surface area contributed by atoms with Crippen molar-refractivity contribution in [2.24, 2.45) is 0 Å². The number of imidazole rings is 1. The second-order valence-electron chi connectivity index (χ2n) is 4.32. The Bertz CT molecular complexity index is 506. The van der Waals surface area contributed by atoms with Crippen LogP contribution in [-0.2, 0) is 0 Å². The first-order chi connectivity index (χ1) is 8.76. The molecule has 0 fully saturated rings. The molecule has 6 nitrogen and oxygen atoms in total. The molecule has 0 unspecified atom stereocenters. The maximum Gasteiger partial charge on any atom is 0.226 e. The van der Waals surface area contributed by atoms with Gasteiger partial charge in [-0.1, -0.05) is 13.8 Å². The molecule has 2 aromatic heterocycles. The fourth-order valence-electron chi connectivity index (χ4n) is 1.85. The van der Waals surface area contributed by atoms with Gasteiger partial charge in [0.05, 0.1) is 6.33 Å². The zero-order valence-corrected chi connectivity index (χ0v) is 11.2. The van der Waals surface area contributed by atoms with Crippen LogP contribution in [0.15, 0.2) is 6.33 Å². The molecule has 0 aliphatic carbocycles. The van der Waals surface area contributed by atoms with Crippen LogP contribution in [0.5, 0.6) is 0 Å². The Hall–Kier alpha value is -1.85. The third-order valence-corrected chi connectivity index (χ3v) is 2.72. The Balaban J connectivity index is 2.38. The van der Waals surface area contributed by atoms with Gasteiger partial charge in [0, 0.05) is 20.1 Å². The van der Waals surface area contributed by atoms with E-state index < -0.39 is 0 Å². The number of fused-ring (bicyclic) bond motifs is 1. The molecule has 18 heavy (non-hydrogen) atoms. The monoisotopic (exact) mass is 248 g/mol. The minimum Gasteiger partial charge on any atom is -0.358 e. The van der Waals surface area contributed by atoms with Gasteiger partial charge in [0.25, 0.3) is 0 Å². The van der Waals surface area contributed by atoms with Crippen molar-refractivity contribution in [1.82, 2.24) is 19.9 Å². The van der Waals surface area contributed by atoms with Gasteiger partial charge in [-0.3, -0.25) is 0 Å². The predicted molar refractivity (Wildman–Crippen MR) is 74.0 cm³/mol. The third kappa shape index (κ3) is 2.52. The van der Waals surface area contributed by atoms with E-state index >= 15 is 0 Å². The number of nitrogens with one attached hydrogen (secondary N) is 2. The Morgan fingerprint density at radius 1 is 1.28 bits per heavy atom. The van der Waals surface area contributed by atoms with Crippen LogP contribution >= 0.6 is 0 Å². The lowest BCUT2D eigenvalue weighted by atomic mass is 10.4. The van der Waals surface area contributed by atoms with Gasteiger partial charge in [-0.2, -0.15) is 9.97 Å². The van der Waals surface area contributed by atoms with Crippen molar-refractivity contribution in [2.75, 3.05) is 30.4 Å². The van der Waals surface area contributed by atoms with E-state index in [1.807, 2.05) is 7.05 Å². The molecular formula is C12H20N6. The van der Waals surface area contributed by atoms with E-state index in [1.165, 1.54) is 0 Å². The van der Waals surface area contributed by atoms with Crippen molar-refractivity contribution in [1.29, 1.82) is 0 Å². The predicted octanol–water partition coefficient (Wildman–Crippen LogP) is 2.02. The Morgan fingerprint density at radius 2 is 2.11 bits per heavy atom. The zero-order valence-electron chi connectivity index (χ0n) is 11.2. The topological polar surface area (TPSA) is 69.7 Å². The average molecular weight is 248 g/mol. The number of hydrogen-bond acceptors (Lipinski definition) is 5. The molecule has 2 N–H and O–H groups in total. The first kappa shape index (κ1) is 12.6. The van der Waals surface area contributed by atoms with Gasteiger partial charge in [-0.15, -0.1) is 0 Å². The van der Waals surface area contributed by atoms with E-state index in [1.54, 1.807) is 6.33 Å². The summed E-state index contributed by atoms with van der Waals surface area (Å²) in [5.74, 6) is 1.55. The number of aromatic amines is 1. The number of anilines is 2. The molecule has 0 amide bonds. The highest BCUT2D eigenvalue weighted by Crippen LogP contribution is 2.21. The highest BCUT2D eigenvalue weighted by molar-refractivity contribution is 5.84. The summed E-state index contributed by atoms with van der Waals surface area (Å²) >= 11 is 0. The molecule has 0 saturated carbocycles. The number of hydrogen-bond donors (Lipinski definition) is 2. The summed E-state index contributed by atoms with van der Waals surface area (Å²) in [7, 11) is 2.04. The number of H-pyrrole nitrogens is 1. The first-order valence-corrected chi connectivity index (χ1v) is 6.42. The SMILES string of the molecule is CCCNc1nc(N(C)CCC)c2[nH]cnc2n1. The summed E-state index contributed by atoms with van der Waals surface area (Å²) in [6, 6.07) is 0. The quantitative estimate of drug-likeness (QED) is 0.818. The zero-order chi connectivity index (χ0) is 13.0. The molecular weight excluding hydrogens is 228 g/mol. The first-order valence-electron chi connectivity index (χ1n) is 6.42. The molecule has 0 saturated heterocycles. The maximum atomic E-state index is 4.56. The van der Waals surface area contributed by atoms with E-state index in [-0.39, 0.29) is 0 Å². The van der Waals surface area contributed by atoms with E-state index in [2.05, 4.69) is 44.0 Å². The van der Waals surface area contributed by atoms with Crippen molar-refractivity contribution < 1.29 is 0 Å². The summed E-state index contributed by atoms with van der Waals surface area (Å²) in [6.07, 6.45) is 3.78. The molecule has 0 aliphatic rings. The molecule has 0 radical (unpaired) electrons. The summed E-state index contributed by atoms with van der Waals surface area (Å²) < 4.78 is 0. The highest BCUT2D eigenvalue weighted by Gasteiger charge is 2.12. The maximum absolute atomic E-state index is 4.56. The Labute approximate surface area is 107 Å². The second kappa shape index (κ2) is 5.66. The van der Waals surface area contributed by atoms with Crippen LogP contribution in [-0.4, -0.2) is 40.1 Å².